The van der Waals surface area contributed by atoms with Crippen molar-refractivity contribution in [2.75, 3.05) is 33.0 Å². The molecular weight excluding hydrogens is 1470 g/mol. The molecule has 35 nitrogen and oxygen atoms in total. The van der Waals surface area contributed by atoms with E-state index in [-0.39, 0.29) is 49.5 Å². The fourth-order valence-electron chi connectivity index (χ4n) is 20.9. The van der Waals surface area contributed by atoms with Crippen LogP contribution in [0.5, 0.6) is 0 Å². The van der Waals surface area contributed by atoms with E-state index in [9.17, 15) is 106 Å². The van der Waals surface area contributed by atoms with Gasteiger partial charge >= 0.3 is 11.9 Å². The summed E-state index contributed by atoms with van der Waals surface area (Å²) in [4.78, 5) is 52.1. The van der Waals surface area contributed by atoms with E-state index in [4.69, 9.17) is 61.9 Å². The summed E-state index contributed by atoms with van der Waals surface area (Å²) < 4.78 is 73.9. The molecule has 636 valence electrons. The lowest BCUT2D eigenvalue weighted by atomic mass is 9.33. The zero-order valence-electron chi connectivity index (χ0n) is 64.3. The number of allylic oxidation sites excluding steroid dienone is 2. The number of carboxylic acid groups (broad SMARTS) is 2. The van der Waals surface area contributed by atoms with Crippen LogP contribution in [0.15, 0.2) is 11.6 Å². The summed E-state index contributed by atoms with van der Waals surface area (Å²) in [6.07, 6.45) is -36.8. The summed E-state index contributed by atoms with van der Waals surface area (Å²) in [7, 11) is 0. The largest absolute Gasteiger partial charge is 0.481 e. The van der Waals surface area contributed by atoms with Crippen molar-refractivity contribution < 1.29 is 168 Å². The number of aldehydes is 1. The summed E-state index contributed by atoms with van der Waals surface area (Å²) in [5.41, 5.74) is -3.58. The first-order valence-electron chi connectivity index (χ1n) is 39.7. The predicted octanol–water partition coefficient (Wildman–Crippen LogP) is -2.26. The molecule has 0 bridgehead atoms. The molecule has 5 aliphatic carbocycles. The second-order valence-electron chi connectivity index (χ2n) is 35.2. The molecule has 6 saturated heterocycles. The number of aliphatic carboxylic acids is 2. The molecule has 11 aliphatic rings. The Morgan fingerprint density at radius 2 is 1.09 bits per heavy atom. The van der Waals surface area contributed by atoms with Crippen molar-refractivity contribution in [3.8, 4) is 0 Å². The number of hydrogen-bond acceptors (Lipinski definition) is 32. The van der Waals surface area contributed by atoms with Gasteiger partial charge in [0.15, 0.2) is 43.8 Å². The standard InChI is InChI=1S/C76H123NO34/c1-34-59(107-65-54(93)48(87)37(81)30-100-65)53(92)57(96)67(103-34)110-62-51(90)47(77-45(84)16-14-12-10-8-9-11-13-15-17-46(85)86)39(28-78)104-69(62)102-33-76-25-24-71(2,3)26-36(76)35-18-19-42-72(4)22-21-44(73(5,32-80)41(72)20-23-74(42,6)75(35,7)27-43(76)83)106-70-63(111-68-56(95)52(91)50(89)40(29-79)105-68)60(58(97)61(109-70)64(98)99)108-66-55(94)49(88)38(82)31-101-66/h18,32,34,36-44,47-63,65-70,78-79,81-83,87-97H,8-17,19-31,33H2,1-7H3,(H,77,84)(H,85,86)(H,98,99)/t34?,36?,37-,38-,39?,40?,41-,42?,43?,44+,47+,48?,49-,50+,51?,52+,53?,54?,55?,56?,57?,58+,59+,60+,61?,62?,63?,65+,66+,67+,68+,69-,70-,72?,73-,74?,75-,76-/m1/s1. The lowest BCUT2D eigenvalue weighted by Crippen LogP contribution is -2.69. The maximum absolute atomic E-state index is 14.3. The molecule has 6 aliphatic heterocycles. The molecule has 0 radical (unpaired) electrons. The average Bonchev–Trinajstić information content (AvgIpc) is 0.671. The zero-order chi connectivity index (χ0) is 80.9. The van der Waals surface area contributed by atoms with Crippen molar-refractivity contribution in [2.45, 2.75) is 355 Å². The van der Waals surface area contributed by atoms with Gasteiger partial charge in [0, 0.05) is 18.3 Å². The first kappa shape index (κ1) is 88.5. The summed E-state index contributed by atoms with van der Waals surface area (Å²) in [6, 6.07) is -1.34. The number of unbranched alkanes of at least 4 members (excludes halogenated alkanes) is 7. The van der Waals surface area contributed by atoms with Gasteiger partial charge in [-0.2, -0.15) is 0 Å². The van der Waals surface area contributed by atoms with Crippen molar-refractivity contribution in [1.82, 2.24) is 5.32 Å². The minimum atomic E-state index is -2.21. The number of aliphatic hydroxyl groups is 16. The number of carboxylic acids is 2. The highest BCUT2D eigenvalue weighted by atomic mass is 16.8. The molecule has 11 rings (SSSR count). The van der Waals surface area contributed by atoms with Gasteiger partial charge in [-0.25, -0.2) is 4.79 Å². The topological polar surface area (TPSA) is 555 Å². The van der Waals surface area contributed by atoms with Crippen LogP contribution in [0, 0.1) is 50.2 Å². The Labute approximate surface area is 644 Å². The SMILES string of the molecule is CC1O[C@@H](OC2C(O)[C@@H](NC(=O)CCCCCCCCCCC(=O)O)C(CO)O[C@H]2OC[C@]23CCC(C)(C)CC2C2=CCC4C5(C)CC[C@H](O[C@@H]6OC(C(=O)O)[C@@H](O)[C@H](O[C@@H]7OC[C@@H](O)[C@@H](O)C7O)C6O[C@@H]6OC(CO)[C@H](O)[C@H](O)C6O)[C@](C)(C=O)[C@@H]5CCC4(C)[C@]2(C)CC3O)C(O)C(O)[C@H]1O[C@@H]1OC[C@@H](O)C(O)C1O. The van der Waals surface area contributed by atoms with Gasteiger partial charge in [0.05, 0.1) is 62.8 Å². The van der Waals surface area contributed by atoms with Crippen LogP contribution in [0.4, 0.5) is 0 Å². The van der Waals surface area contributed by atoms with Crippen LogP contribution in [-0.2, 0) is 76.0 Å². The Morgan fingerprint density at radius 1 is 0.532 bits per heavy atom. The van der Waals surface area contributed by atoms with E-state index >= 15 is 0 Å². The van der Waals surface area contributed by atoms with Crippen LogP contribution in [0.1, 0.15) is 170 Å². The third-order valence-corrected chi connectivity index (χ3v) is 27.8. The first-order valence-corrected chi connectivity index (χ1v) is 39.7. The molecule has 111 heavy (non-hydrogen) atoms. The maximum Gasteiger partial charge on any atom is 0.335 e. The highest BCUT2D eigenvalue weighted by molar-refractivity contribution is 5.76. The number of hydrogen-bond donors (Lipinski definition) is 19. The second kappa shape index (κ2) is 35.7. The average molecular weight is 1590 g/mol. The van der Waals surface area contributed by atoms with Crippen LogP contribution in [0.25, 0.3) is 0 Å². The van der Waals surface area contributed by atoms with Gasteiger partial charge in [0.1, 0.15) is 122 Å². The molecule has 18 unspecified atom stereocenters. The molecule has 35 heteroatoms. The molecule has 0 aromatic heterocycles. The molecule has 0 aromatic carbocycles. The second-order valence-corrected chi connectivity index (χ2v) is 35.2. The molecule has 4 saturated carbocycles. The number of ether oxygens (including phenoxy) is 12. The summed E-state index contributed by atoms with van der Waals surface area (Å²) in [5.74, 6) is -4.00. The predicted molar refractivity (Wildman–Crippen MR) is 377 cm³/mol. The summed E-state index contributed by atoms with van der Waals surface area (Å²) in [6.45, 7) is 11.3. The van der Waals surface area contributed by atoms with Crippen LogP contribution in [-0.4, -0.2) is 333 Å². The molecule has 0 aromatic rings. The Kier molecular flexibility index (Phi) is 28.5. The third kappa shape index (κ3) is 17.3. The van der Waals surface area contributed by atoms with E-state index < -0.39 is 261 Å². The smallest absolute Gasteiger partial charge is 0.335 e. The molecule has 10 fully saturated rings. The van der Waals surface area contributed by atoms with E-state index in [2.05, 4.69) is 46.0 Å². The molecule has 1 amide bonds. The summed E-state index contributed by atoms with van der Waals surface area (Å²) in [5, 5.41) is 201. The van der Waals surface area contributed by atoms with Gasteiger partial charge in [0.2, 0.25) is 5.91 Å². The Morgan fingerprint density at radius 3 is 1.69 bits per heavy atom. The van der Waals surface area contributed by atoms with Crippen molar-refractivity contribution in [3.05, 3.63) is 11.6 Å². The minimum absolute atomic E-state index is 0.0427. The minimum Gasteiger partial charge on any atom is -0.481 e. The van der Waals surface area contributed by atoms with Crippen molar-refractivity contribution in [2.24, 2.45) is 50.2 Å². The van der Waals surface area contributed by atoms with E-state index in [1.807, 2.05) is 0 Å². The Balaban J connectivity index is 0.843. The number of carbonyl (C=O) groups excluding carboxylic acids is 2. The maximum atomic E-state index is 14.3. The van der Waals surface area contributed by atoms with Crippen molar-refractivity contribution >= 4 is 24.1 Å². The van der Waals surface area contributed by atoms with Gasteiger partial charge < -0.3 is 159 Å². The quantitative estimate of drug-likeness (QED) is 0.0163. The van der Waals surface area contributed by atoms with Crippen molar-refractivity contribution in [3.63, 3.8) is 0 Å². The third-order valence-electron chi connectivity index (χ3n) is 27.8. The number of fused-ring (bicyclic) bond motifs is 7. The number of amides is 1. The lowest BCUT2D eigenvalue weighted by Gasteiger charge is -2.72. The van der Waals surface area contributed by atoms with Gasteiger partial charge in [-0.3, -0.25) is 9.59 Å². The van der Waals surface area contributed by atoms with Gasteiger partial charge in [-0.1, -0.05) is 91.7 Å². The normalized spacial score (nSPS) is 49.2. The Hall–Kier alpha value is -3.30. The monoisotopic (exact) mass is 1590 g/mol. The van der Waals surface area contributed by atoms with Gasteiger partial charge in [0.25, 0.3) is 0 Å². The highest BCUT2D eigenvalue weighted by Gasteiger charge is 2.72. The van der Waals surface area contributed by atoms with Crippen LogP contribution < -0.4 is 5.32 Å². The number of aliphatic hydroxyl groups excluding tert-OH is 16. The van der Waals surface area contributed by atoms with Crippen LogP contribution >= 0.6 is 0 Å². The first-order chi connectivity index (χ1) is 52.3. The highest BCUT2D eigenvalue weighted by Crippen LogP contribution is 2.76. The fraction of sp³-hybridized carbons (Fsp3) is 0.921. The molecular formula is C76H123NO34. The van der Waals surface area contributed by atoms with Crippen LogP contribution in [0.3, 0.4) is 0 Å². The Bertz CT molecular complexity index is 3160. The lowest BCUT2D eigenvalue weighted by molar-refractivity contribution is -0.391. The molecule has 0 spiro atoms. The van der Waals surface area contributed by atoms with E-state index in [1.54, 1.807) is 6.92 Å². The van der Waals surface area contributed by atoms with E-state index in [1.165, 1.54) is 6.92 Å². The molecule has 6 heterocycles. The van der Waals surface area contributed by atoms with Crippen LogP contribution in [0.2, 0.25) is 0 Å². The fourth-order valence-corrected chi connectivity index (χ4v) is 20.9. The molecule has 38 atom stereocenters. The summed E-state index contributed by atoms with van der Waals surface area (Å²) >= 11 is 0. The number of carbonyl (C=O) groups is 4. The van der Waals surface area contributed by atoms with E-state index in [0.29, 0.717) is 64.2 Å². The zero-order valence-corrected chi connectivity index (χ0v) is 64.3. The number of nitrogens with one attached hydrogen (secondary N) is 1. The number of rotatable bonds is 29. The van der Waals surface area contributed by atoms with Gasteiger partial charge in [-0.05, 0) is 117 Å². The van der Waals surface area contributed by atoms with Gasteiger partial charge in [-0.15, -0.1) is 0 Å². The van der Waals surface area contributed by atoms with E-state index in [0.717, 1.165) is 44.0 Å². The molecule has 19 N–H and O–H groups in total. The van der Waals surface area contributed by atoms with Crippen molar-refractivity contribution in [1.29, 1.82) is 0 Å².